The van der Waals surface area contributed by atoms with E-state index < -0.39 is 24.0 Å². The van der Waals surface area contributed by atoms with E-state index in [1.807, 2.05) is 24.3 Å². The third kappa shape index (κ3) is 4.29. The van der Waals surface area contributed by atoms with Crippen molar-refractivity contribution in [2.45, 2.75) is 12.1 Å². The van der Waals surface area contributed by atoms with Crippen LogP contribution >= 0.6 is 24.4 Å². The quantitative estimate of drug-likeness (QED) is 0.201. The highest BCUT2D eigenvalue weighted by atomic mass is 32.1. The summed E-state index contributed by atoms with van der Waals surface area (Å²) in [7, 11) is 0. The fraction of sp³-hybridized carbons (Fsp3) is 0.158. The lowest BCUT2D eigenvalue weighted by atomic mass is 10.0. The molecule has 1 aliphatic heterocycles. The number of anilines is 3. The number of carboxylic acid groups (broad SMARTS) is 2. The first-order valence-electron chi connectivity index (χ1n) is 9.33. The van der Waals surface area contributed by atoms with Gasteiger partial charge >= 0.3 is 11.9 Å². The van der Waals surface area contributed by atoms with Crippen molar-refractivity contribution >= 4 is 53.4 Å². The Hall–Kier alpha value is -3.84. The van der Waals surface area contributed by atoms with Gasteiger partial charge in [0, 0.05) is 11.8 Å². The summed E-state index contributed by atoms with van der Waals surface area (Å²) in [6, 6.07) is 9.71. The lowest BCUT2D eigenvalue weighted by Gasteiger charge is -2.31. The van der Waals surface area contributed by atoms with E-state index in [0.717, 1.165) is 11.4 Å². The Bertz CT molecular complexity index is 1270. The van der Waals surface area contributed by atoms with E-state index in [0.29, 0.717) is 26.7 Å². The number of aliphatic carboxylic acids is 2. The van der Waals surface area contributed by atoms with Crippen LogP contribution in [0.4, 0.5) is 17.1 Å². The summed E-state index contributed by atoms with van der Waals surface area (Å²) in [5.74, 6) is -2.06. The summed E-state index contributed by atoms with van der Waals surface area (Å²) in [5.41, 5.74) is 2.46. The second kappa shape index (κ2) is 8.72. The van der Waals surface area contributed by atoms with Gasteiger partial charge in [-0.25, -0.2) is 9.59 Å². The van der Waals surface area contributed by atoms with Crippen molar-refractivity contribution in [2.24, 2.45) is 0 Å². The molecule has 0 radical (unpaired) electrons. The van der Waals surface area contributed by atoms with Gasteiger partial charge in [0.05, 0.1) is 17.1 Å². The first-order chi connectivity index (χ1) is 15.3. The van der Waals surface area contributed by atoms with Crippen LogP contribution in [0.25, 0.3) is 5.69 Å². The monoisotopic (exact) mass is 474 g/mol. The first-order valence-corrected chi connectivity index (χ1v) is 10.1. The Balaban J connectivity index is 1.44. The van der Waals surface area contributed by atoms with Gasteiger partial charge < -0.3 is 30.9 Å². The number of rotatable bonds is 7. The first kappa shape index (κ1) is 21.4. The fourth-order valence-electron chi connectivity index (χ4n) is 3.27. The molecule has 2 atom stereocenters. The molecule has 0 bridgehead atoms. The van der Waals surface area contributed by atoms with Crippen LogP contribution in [0.1, 0.15) is 0 Å². The zero-order chi connectivity index (χ0) is 22.8. The number of H-pyrrole nitrogens is 2. The number of ether oxygens (including phenoxy) is 1. The SMILES string of the molecule is O=C(O)C1Nc2ccc(OCNc3cccc(-n4c(=S)[nH][nH]c4=S)c3)cc2NC1C(=O)O. The molecular weight excluding hydrogens is 456 g/mol. The van der Waals surface area contributed by atoms with E-state index in [4.69, 9.17) is 29.2 Å². The number of nitrogens with zero attached hydrogens (tertiary/aromatic N) is 1. The number of aromatic nitrogens is 3. The molecule has 7 N–H and O–H groups in total. The Morgan fingerprint density at radius 2 is 1.62 bits per heavy atom. The molecule has 13 heteroatoms. The molecule has 1 aromatic heterocycles. The molecule has 2 unspecified atom stereocenters. The zero-order valence-electron chi connectivity index (χ0n) is 16.3. The van der Waals surface area contributed by atoms with Crippen LogP contribution in [0, 0.1) is 9.54 Å². The number of benzene rings is 2. The van der Waals surface area contributed by atoms with Crippen LogP contribution in [-0.2, 0) is 9.59 Å². The summed E-state index contributed by atoms with van der Waals surface area (Å²) in [4.78, 5) is 22.8. The Kier molecular flexibility index (Phi) is 5.83. The highest BCUT2D eigenvalue weighted by Crippen LogP contribution is 2.32. The van der Waals surface area contributed by atoms with Crippen LogP contribution in [0.5, 0.6) is 5.75 Å². The van der Waals surface area contributed by atoms with Gasteiger partial charge in [0.25, 0.3) is 0 Å². The zero-order valence-corrected chi connectivity index (χ0v) is 17.9. The average Bonchev–Trinajstić information content (AvgIpc) is 3.10. The molecule has 0 fully saturated rings. The Labute approximate surface area is 191 Å². The van der Waals surface area contributed by atoms with Gasteiger partial charge in [-0.2, -0.15) is 0 Å². The lowest BCUT2D eigenvalue weighted by molar-refractivity contribution is -0.145. The van der Waals surface area contributed by atoms with Crippen LogP contribution in [0.2, 0.25) is 0 Å². The van der Waals surface area contributed by atoms with Gasteiger partial charge in [-0.05, 0) is 54.8 Å². The summed E-state index contributed by atoms with van der Waals surface area (Å²) in [6.45, 7) is 0.126. The van der Waals surface area contributed by atoms with Gasteiger partial charge in [0.2, 0.25) is 0 Å². The molecular formula is C19H18N6O5S2. The van der Waals surface area contributed by atoms with Crippen LogP contribution in [-0.4, -0.2) is 55.7 Å². The van der Waals surface area contributed by atoms with Gasteiger partial charge in [0.15, 0.2) is 28.4 Å². The van der Waals surface area contributed by atoms with Gasteiger partial charge in [-0.1, -0.05) is 6.07 Å². The molecule has 0 aliphatic carbocycles. The van der Waals surface area contributed by atoms with Crippen molar-refractivity contribution in [2.75, 3.05) is 22.7 Å². The topological polar surface area (TPSA) is 156 Å². The second-order valence-electron chi connectivity index (χ2n) is 6.84. The Morgan fingerprint density at radius 3 is 2.28 bits per heavy atom. The smallest absolute Gasteiger partial charge is 0.328 e. The molecule has 166 valence electrons. The molecule has 11 nitrogen and oxygen atoms in total. The molecule has 0 spiro atoms. The number of hydrogen-bond donors (Lipinski definition) is 7. The van der Waals surface area contributed by atoms with Crippen LogP contribution in [0.15, 0.2) is 42.5 Å². The lowest BCUT2D eigenvalue weighted by Crippen LogP contribution is -2.52. The molecule has 1 aliphatic rings. The highest BCUT2D eigenvalue weighted by Gasteiger charge is 2.37. The number of fused-ring (bicyclic) bond motifs is 1. The van der Waals surface area contributed by atoms with Gasteiger partial charge in [0.1, 0.15) is 5.75 Å². The highest BCUT2D eigenvalue weighted by molar-refractivity contribution is 7.72. The molecule has 2 aromatic carbocycles. The number of aromatic amines is 2. The molecule has 0 amide bonds. The standard InChI is InChI=1S/C19H18N6O5S2/c26-16(27)14-15(17(28)29)22-13-7-11(4-5-12(13)21-14)30-8-20-9-2-1-3-10(6-9)25-18(31)23-24-19(25)32/h1-7,14-15,20-22H,8H2,(H,23,31)(H,24,32)(H,26,27)(H,28,29). The van der Waals surface area contributed by atoms with E-state index in [1.165, 1.54) is 0 Å². The minimum atomic E-state index is -1.32. The summed E-state index contributed by atoms with van der Waals surface area (Å²) in [6.07, 6.45) is 0. The Morgan fingerprint density at radius 1 is 0.969 bits per heavy atom. The predicted octanol–water partition coefficient (Wildman–Crippen LogP) is 2.78. The maximum atomic E-state index is 11.4. The normalized spacial score (nSPS) is 16.9. The fourth-order valence-corrected chi connectivity index (χ4v) is 3.83. The number of carboxylic acids is 2. The molecule has 2 heterocycles. The van der Waals surface area contributed by atoms with Gasteiger partial charge in [-0.3, -0.25) is 14.8 Å². The van der Waals surface area contributed by atoms with E-state index in [9.17, 15) is 19.8 Å². The third-order valence-electron chi connectivity index (χ3n) is 4.78. The molecule has 3 aromatic rings. The molecule has 4 rings (SSSR count). The summed E-state index contributed by atoms with van der Waals surface area (Å²) >= 11 is 10.5. The number of hydrogen-bond acceptors (Lipinski definition) is 8. The predicted molar refractivity (Wildman–Crippen MR) is 122 cm³/mol. The maximum absolute atomic E-state index is 11.4. The van der Waals surface area contributed by atoms with Crippen molar-refractivity contribution in [3.63, 3.8) is 0 Å². The largest absolute Gasteiger partial charge is 0.480 e. The minimum Gasteiger partial charge on any atom is -0.480 e. The average molecular weight is 475 g/mol. The van der Waals surface area contributed by atoms with Crippen LogP contribution in [0.3, 0.4) is 0 Å². The van der Waals surface area contributed by atoms with Gasteiger partial charge in [-0.15, -0.1) is 0 Å². The molecule has 32 heavy (non-hydrogen) atoms. The second-order valence-corrected chi connectivity index (χ2v) is 7.61. The van der Waals surface area contributed by atoms with Crippen molar-refractivity contribution in [1.82, 2.24) is 14.8 Å². The molecule has 0 saturated carbocycles. The number of nitrogens with one attached hydrogen (secondary N) is 5. The molecule has 0 saturated heterocycles. The van der Waals surface area contributed by atoms with E-state index in [2.05, 4.69) is 26.1 Å². The summed E-state index contributed by atoms with van der Waals surface area (Å²) in [5, 5.41) is 32.7. The van der Waals surface area contributed by atoms with Crippen molar-refractivity contribution in [3.8, 4) is 11.4 Å². The number of carbonyl (C=O) groups is 2. The maximum Gasteiger partial charge on any atom is 0.328 e. The summed E-state index contributed by atoms with van der Waals surface area (Å²) < 4.78 is 8.30. The van der Waals surface area contributed by atoms with Crippen molar-refractivity contribution < 1.29 is 24.5 Å². The van der Waals surface area contributed by atoms with Crippen molar-refractivity contribution in [3.05, 3.63) is 52.0 Å². The van der Waals surface area contributed by atoms with Crippen molar-refractivity contribution in [1.29, 1.82) is 0 Å². The third-order valence-corrected chi connectivity index (χ3v) is 5.35. The van der Waals surface area contributed by atoms with E-state index >= 15 is 0 Å². The minimum absolute atomic E-state index is 0.126. The van der Waals surface area contributed by atoms with E-state index in [1.54, 1.807) is 22.8 Å². The van der Waals surface area contributed by atoms with Crippen LogP contribution < -0.4 is 20.7 Å². The van der Waals surface area contributed by atoms with E-state index in [-0.39, 0.29) is 6.73 Å².